The molecule has 4 nitrogen and oxygen atoms in total. The molecule has 12 heavy (non-hydrogen) atoms. The molecule has 1 N–H and O–H groups in total. The van der Waals surface area contributed by atoms with Crippen LogP contribution in [0, 0.1) is 11.8 Å². The van der Waals surface area contributed by atoms with E-state index in [1.54, 1.807) is 4.90 Å². The molecule has 2 saturated heterocycles. The molecule has 1 amide bonds. The highest BCUT2D eigenvalue weighted by molar-refractivity contribution is 5.67. The lowest BCUT2D eigenvalue weighted by Gasteiger charge is -2.14. The molecule has 0 aliphatic carbocycles. The molecule has 0 aromatic carbocycles. The van der Waals surface area contributed by atoms with Crippen molar-refractivity contribution < 1.29 is 9.53 Å². The minimum atomic E-state index is -0.176. The molecule has 68 valence electrons. The molecule has 2 aliphatic heterocycles. The Hall–Kier alpha value is -0.770. The molecule has 0 saturated carbocycles. The molecule has 0 unspecified atom stereocenters. The van der Waals surface area contributed by atoms with Gasteiger partial charge in [-0.1, -0.05) is 0 Å². The predicted octanol–water partition coefficient (Wildman–Crippen LogP) is -0.0960. The van der Waals surface area contributed by atoms with Crippen molar-refractivity contribution in [2.24, 2.45) is 11.8 Å². The summed E-state index contributed by atoms with van der Waals surface area (Å²) in [5.74, 6) is 1.31. The molecule has 2 aliphatic rings. The fourth-order valence-electron chi connectivity index (χ4n) is 2.13. The molecule has 2 rings (SSSR count). The van der Waals surface area contributed by atoms with E-state index in [1.165, 1.54) is 7.11 Å². The normalized spacial score (nSPS) is 33.6. The smallest absolute Gasteiger partial charge is 0.409 e. The molecule has 4 heteroatoms. The summed E-state index contributed by atoms with van der Waals surface area (Å²) in [6, 6.07) is 0. The number of carbonyl (C=O) groups excluding carboxylic acids is 1. The van der Waals surface area contributed by atoms with E-state index in [2.05, 4.69) is 10.1 Å². The second-order valence-electron chi connectivity index (χ2n) is 3.55. The van der Waals surface area contributed by atoms with Gasteiger partial charge in [-0.05, 0) is 11.8 Å². The van der Waals surface area contributed by atoms with Gasteiger partial charge in [-0.15, -0.1) is 0 Å². The number of likely N-dealkylation sites (tertiary alicyclic amines) is 1. The van der Waals surface area contributed by atoms with Crippen LogP contribution >= 0.6 is 0 Å². The van der Waals surface area contributed by atoms with Crippen molar-refractivity contribution in [3.63, 3.8) is 0 Å². The average molecular weight is 170 g/mol. The largest absolute Gasteiger partial charge is 0.453 e. The molecule has 0 aromatic rings. The summed E-state index contributed by atoms with van der Waals surface area (Å²) in [5.41, 5.74) is 0. The van der Waals surface area contributed by atoms with E-state index in [9.17, 15) is 4.79 Å². The molecule has 2 fully saturated rings. The first-order chi connectivity index (χ1) is 5.81. The maximum Gasteiger partial charge on any atom is 0.409 e. The lowest BCUT2D eigenvalue weighted by atomic mass is 10.0. The molecule has 0 aromatic heterocycles. The van der Waals surface area contributed by atoms with Crippen LogP contribution < -0.4 is 5.32 Å². The Kier molecular flexibility index (Phi) is 1.92. The third kappa shape index (κ3) is 1.16. The van der Waals surface area contributed by atoms with Crippen LogP contribution in [0.4, 0.5) is 4.79 Å². The Morgan fingerprint density at radius 1 is 1.42 bits per heavy atom. The van der Waals surface area contributed by atoms with E-state index in [0.717, 1.165) is 26.2 Å². The van der Waals surface area contributed by atoms with Crippen LogP contribution in [0.1, 0.15) is 0 Å². The SMILES string of the molecule is COC(=O)N1C[C@H]2CNC[C@H]2C1. The number of nitrogens with one attached hydrogen (secondary N) is 1. The highest BCUT2D eigenvalue weighted by Crippen LogP contribution is 2.26. The molecule has 0 spiro atoms. The molecule has 0 radical (unpaired) electrons. The second-order valence-corrected chi connectivity index (χ2v) is 3.55. The van der Waals surface area contributed by atoms with Gasteiger partial charge < -0.3 is 15.0 Å². The van der Waals surface area contributed by atoms with E-state index < -0.39 is 0 Å². The van der Waals surface area contributed by atoms with Crippen LogP contribution in [0.5, 0.6) is 0 Å². The quantitative estimate of drug-likeness (QED) is 0.552. The lowest BCUT2D eigenvalue weighted by Crippen LogP contribution is -2.31. The fraction of sp³-hybridized carbons (Fsp3) is 0.875. The van der Waals surface area contributed by atoms with Crippen molar-refractivity contribution in [2.75, 3.05) is 33.3 Å². The monoisotopic (exact) mass is 170 g/mol. The third-order valence-electron chi connectivity index (χ3n) is 2.82. The van der Waals surface area contributed by atoms with Crippen LogP contribution in [0.15, 0.2) is 0 Å². The highest BCUT2D eigenvalue weighted by Gasteiger charge is 2.38. The Morgan fingerprint density at radius 3 is 2.50 bits per heavy atom. The zero-order valence-electron chi connectivity index (χ0n) is 7.25. The molecule has 2 heterocycles. The van der Waals surface area contributed by atoms with Crippen LogP contribution in [0.3, 0.4) is 0 Å². The molecule has 2 atom stereocenters. The Morgan fingerprint density at radius 2 is 2.00 bits per heavy atom. The van der Waals surface area contributed by atoms with Crippen molar-refractivity contribution in [1.82, 2.24) is 10.2 Å². The minimum Gasteiger partial charge on any atom is -0.453 e. The number of fused-ring (bicyclic) bond motifs is 1. The van der Waals surface area contributed by atoms with E-state index in [1.807, 2.05) is 0 Å². The number of rotatable bonds is 0. The Labute approximate surface area is 71.9 Å². The molecular formula is C8H14N2O2. The predicted molar refractivity (Wildman–Crippen MR) is 43.8 cm³/mol. The van der Waals surface area contributed by atoms with Crippen LogP contribution in [0.25, 0.3) is 0 Å². The van der Waals surface area contributed by atoms with E-state index in [0.29, 0.717) is 11.8 Å². The number of hydrogen-bond acceptors (Lipinski definition) is 3. The van der Waals surface area contributed by atoms with E-state index in [-0.39, 0.29) is 6.09 Å². The van der Waals surface area contributed by atoms with Crippen molar-refractivity contribution in [1.29, 1.82) is 0 Å². The second kappa shape index (κ2) is 2.94. The maximum absolute atomic E-state index is 11.1. The lowest BCUT2D eigenvalue weighted by molar-refractivity contribution is 0.130. The van der Waals surface area contributed by atoms with Crippen LogP contribution in [-0.4, -0.2) is 44.3 Å². The first-order valence-electron chi connectivity index (χ1n) is 4.35. The number of amides is 1. The molecular weight excluding hydrogens is 156 g/mol. The topological polar surface area (TPSA) is 41.6 Å². The van der Waals surface area contributed by atoms with Gasteiger partial charge in [0.1, 0.15) is 0 Å². The number of ether oxygens (including phenoxy) is 1. The summed E-state index contributed by atoms with van der Waals surface area (Å²) in [4.78, 5) is 12.9. The van der Waals surface area contributed by atoms with Gasteiger partial charge in [-0.3, -0.25) is 0 Å². The Balaban J connectivity index is 1.94. The summed E-state index contributed by atoms with van der Waals surface area (Å²) < 4.78 is 4.67. The number of nitrogens with zero attached hydrogens (tertiary/aromatic N) is 1. The summed E-state index contributed by atoms with van der Waals surface area (Å²) in [6.45, 7) is 3.84. The fourth-order valence-corrected chi connectivity index (χ4v) is 2.13. The van der Waals surface area contributed by atoms with Gasteiger partial charge >= 0.3 is 6.09 Å². The van der Waals surface area contributed by atoms with E-state index in [4.69, 9.17) is 0 Å². The van der Waals surface area contributed by atoms with Crippen LogP contribution in [-0.2, 0) is 4.74 Å². The first kappa shape index (κ1) is 7.86. The third-order valence-corrected chi connectivity index (χ3v) is 2.82. The highest BCUT2D eigenvalue weighted by atomic mass is 16.5. The Bertz CT molecular complexity index is 183. The minimum absolute atomic E-state index is 0.176. The summed E-state index contributed by atoms with van der Waals surface area (Å²) >= 11 is 0. The van der Waals surface area contributed by atoms with Gasteiger partial charge in [0.25, 0.3) is 0 Å². The number of hydrogen-bond donors (Lipinski definition) is 1. The summed E-state index contributed by atoms with van der Waals surface area (Å²) in [5, 5.41) is 3.32. The van der Waals surface area contributed by atoms with E-state index >= 15 is 0 Å². The zero-order chi connectivity index (χ0) is 8.55. The maximum atomic E-state index is 11.1. The van der Waals surface area contributed by atoms with Gasteiger partial charge in [-0.2, -0.15) is 0 Å². The zero-order valence-corrected chi connectivity index (χ0v) is 7.25. The van der Waals surface area contributed by atoms with Crippen molar-refractivity contribution in [3.8, 4) is 0 Å². The van der Waals surface area contributed by atoms with Gasteiger partial charge in [-0.25, -0.2) is 4.79 Å². The van der Waals surface area contributed by atoms with Crippen molar-refractivity contribution in [3.05, 3.63) is 0 Å². The summed E-state index contributed by atoms with van der Waals surface area (Å²) in [6.07, 6.45) is -0.176. The van der Waals surface area contributed by atoms with Crippen LogP contribution in [0.2, 0.25) is 0 Å². The van der Waals surface area contributed by atoms with Crippen molar-refractivity contribution in [2.45, 2.75) is 0 Å². The standard InChI is InChI=1S/C8H14N2O2/c1-12-8(11)10-4-6-2-9-3-7(6)5-10/h6-7,9H,2-5H2,1H3/t6-,7+. The van der Waals surface area contributed by atoms with Gasteiger partial charge in [0.05, 0.1) is 7.11 Å². The number of methoxy groups -OCH3 is 1. The first-order valence-corrected chi connectivity index (χ1v) is 4.35. The van der Waals surface area contributed by atoms with Gasteiger partial charge in [0, 0.05) is 26.2 Å². The number of carbonyl (C=O) groups is 1. The van der Waals surface area contributed by atoms with Gasteiger partial charge in [0.15, 0.2) is 0 Å². The van der Waals surface area contributed by atoms with Gasteiger partial charge in [0.2, 0.25) is 0 Å². The van der Waals surface area contributed by atoms with Crippen molar-refractivity contribution >= 4 is 6.09 Å². The summed E-state index contributed by atoms with van der Waals surface area (Å²) in [7, 11) is 1.44. The average Bonchev–Trinajstić information content (AvgIpc) is 2.60. The molecule has 0 bridgehead atoms.